The molecule has 0 bridgehead atoms. The highest BCUT2D eigenvalue weighted by Crippen LogP contribution is 2.18. The van der Waals surface area contributed by atoms with Gasteiger partial charge in [0.05, 0.1) is 0 Å². The van der Waals surface area contributed by atoms with E-state index < -0.39 is 0 Å². The van der Waals surface area contributed by atoms with Crippen molar-refractivity contribution in [1.82, 2.24) is 10.2 Å². The second kappa shape index (κ2) is 6.35. The summed E-state index contributed by atoms with van der Waals surface area (Å²) < 4.78 is 0. The van der Waals surface area contributed by atoms with Crippen molar-refractivity contribution >= 4 is 0 Å². The first-order valence-electron chi connectivity index (χ1n) is 7.16. The SMILES string of the molecule is CC(C)C[C@H]1CN[C@H](C)CN1Cc1ccccc1. The topological polar surface area (TPSA) is 15.3 Å². The van der Waals surface area contributed by atoms with E-state index in [1.54, 1.807) is 0 Å². The molecule has 1 N–H and O–H groups in total. The zero-order valence-corrected chi connectivity index (χ0v) is 11.9. The van der Waals surface area contributed by atoms with Crippen LogP contribution >= 0.6 is 0 Å². The average molecular weight is 246 g/mol. The molecule has 1 aromatic carbocycles. The number of benzene rings is 1. The average Bonchev–Trinajstić information content (AvgIpc) is 2.33. The lowest BCUT2D eigenvalue weighted by molar-refractivity contribution is 0.111. The molecule has 1 heterocycles. The van der Waals surface area contributed by atoms with Gasteiger partial charge >= 0.3 is 0 Å². The van der Waals surface area contributed by atoms with E-state index in [4.69, 9.17) is 0 Å². The van der Waals surface area contributed by atoms with Crippen LogP contribution in [0, 0.1) is 5.92 Å². The van der Waals surface area contributed by atoms with Crippen LogP contribution in [0.5, 0.6) is 0 Å². The van der Waals surface area contributed by atoms with Crippen LogP contribution < -0.4 is 5.32 Å². The van der Waals surface area contributed by atoms with Crippen LogP contribution in [-0.4, -0.2) is 30.1 Å². The maximum absolute atomic E-state index is 3.61. The summed E-state index contributed by atoms with van der Waals surface area (Å²) in [6.45, 7) is 10.3. The Balaban J connectivity index is 2.01. The van der Waals surface area contributed by atoms with Gasteiger partial charge in [0.1, 0.15) is 0 Å². The molecule has 1 saturated heterocycles. The van der Waals surface area contributed by atoms with Crippen LogP contribution in [0.2, 0.25) is 0 Å². The summed E-state index contributed by atoms with van der Waals surface area (Å²) in [4.78, 5) is 2.65. The van der Waals surface area contributed by atoms with Gasteiger partial charge in [-0.25, -0.2) is 0 Å². The molecule has 1 fully saturated rings. The van der Waals surface area contributed by atoms with Crippen molar-refractivity contribution < 1.29 is 0 Å². The third-order valence-electron chi connectivity index (χ3n) is 3.70. The number of nitrogens with zero attached hydrogens (tertiary/aromatic N) is 1. The van der Waals surface area contributed by atoms with Gasteiger partial charge in [-0.2, -0.15) is 0 Å². The molecule has 0 spiro atoms. The van der Waals surface area contributed by atoms with Gasteiger partial charge in [-0.1, -0.05) is 44.2 Å². The van der Waals surface area contributed by atoms with Crippen molar-refractivity contribution in [3.8, 4) is 0 Å². The molecule has 100 valence electrons. The van der Waals surface area contributed by atoms with E-state index in [-0.39, 0.29) is 0 Å². The first kappa shape index (κ1) is 13.6. The molecule has 0 aromatic heterocycles. The lowest BCUT2D eigenvalue weighted by Gasteiger charge is -2.40. The molecule has 18 heavy (non-hydrogen) atoms. The zero-order chi connectivity index (χ0) is 13.0. The predicted molar refractivity (Wildman–Crippen MR) is 77.6 cm³/mol. The highest BCUT2D eigenvalue weighted by atomic mass is 15.2. The molecule has 1 aliphatic rings. The fourth-order valence-corrected chi connectivity index (χ4v) is 2.82. The van der Waals surface area contributed by atoms with Crippen molar-refractivity contribution in [3.63, 3.8) is 0 Å². The Morgan fingerprint density at radius 3 is 2.67 bits per heavy atom. The molecular formula is C16H26N2. The van der Waals surface area contributed by atoms with Crippen molar-refractivity contribution in [3.05, 3.63) is 35.9 Å². The Labute approximate surface area is 111 Å². The quantitative estimate of drug-likeness (QED) is 0.879. The molecule has 2 rings (SSSR count). The van der Waals surface area contributed by atoms with Gasteiger partial charge < -0.3 is 5.32 Å². The number of rotatable bonds is 4. The van der Waals surface area contributed by atoms with Crippen LogP contribution in [0.15, 0.2) is 30.3 Å². The molecule has 0 amide bonds. The minimum absolute atomic E-state index is 0.608. The van der Waals surface area contributed by atoms with Crippen LogP contribution in [0.25, 0.3) is 0 Å². The van der Waals surface area contributed by atoms with Gasteiger partial charge in [-0.05, 0) is 24.8 Å². The zero-order valence-electron chi connectivity index (χ0n) is 11.9. The molecule has 0 unspecified atom stereocenters. The van der Waals surface area contributed by atoms with Gasteiger partial charge in [-0.3, -0.25) is 4.90 Å². The number of nitrogens with one attached hydrogen (secondary N) is 1. The maximum Gasteiger partial charge on any atom is 0.0237 e. The summed E-state index contributed by atoms with van der Waals surface area (Å²) in [5.41, 5.74) is 1.43. The molecule has 2 heteroatoms. The number of hydrogen-bond acceptors (Lipinski definition) is 2. The van der Waals surface area contributed by atoms with Crippen molar-refractivity contribution in [2.24, 2.45) is 5.92 Å². The Morgan fingerprint density at radius 2 is 2.00 bits per heavy atom. The van der Waals surface area contributed by atoms with Crippen molar-refractivity contribution in [2.45, 2.75) is 45.8 Å². The van der Waals surface area contributed by atoms with E-state index in [2.05, 4.69) is 61.3 Å². The minimum Gasteiger partial charge on any atom is -0.311 e. The molecule has 2 nitrogen and oxygen atoms in total. The first-order chi connectivity index (χ1) is 8.65. The fourth-order valence-electron chi connectivity index (χ4n) is 2.82. The van der Waals surface area contributed by atoms with Gasteiger partial charge in [-0.15, -0.1) is 0 Å². The normalized spacial score (nSPS) is 25.6. The van der Waals surface area contributed by atoms with E-state index in [1.807, 2.05) is 0 Å². The highest BCUT2D eigenvalue weighted by Gasteiger charge is 2.26. The molecule has 1 aromatic rings. The van der Waals surface area contributed by atoms with E-state index >= 15 is 0 Å². The molecule has 0 radical (unpaired) electrons. The van der Waals surface area contributed by atoms with Crippen molar-refractivity contribution in [1.29, 1.82) is 0 Å². The summed E-state index contributed by atoms with van der Waals surface area (Å²) in [5, 5.41) is 3.61. The van der Waals surface area contributed by atoms with E-state index in [0.717, 1.165) is 25.6 Å². The highest BCUT2D eigenvalue weighted by molar-refractivity contribution is 5.14. The van der Waals surface area contributed by atoms with Crippen LogP contribution in [0.3, 0.4) is 0 Å². The standard InChI is InChI=1S/C16H26N2/c1-13(2)9-16-10-17-14(3)11-18(16)12-15-7-5-4-6-8-15/h4-8,13-14,16-17H,9-12H2,1-3H3/t14-,16+/m1/s1. The Hall–Kier alpha value is -0.860. The third kappa shape index (κ3) is 3.82. The fraction of sp³-hybridized carbons (Fsp3) is 0.625. The predicted octanol–water partition coefficient (Wildman–Crippen LogP) is 2.90. The number of piperazine rings is 1. The van der Waals surface area contributed by atoms with Crippen LogP contribution in [0.4, 0.5) is 0 Å². The van der Waals surface area contributed by atoms with Gasteiger partial charge in [0.2, 0.25) is 0 Å². The Bertz CT molecular complexity index is 347. The van der Waals surface area contributed by atoms with Crippen molar-refractivity contribution in [2.75, 3.05) is 13.1 Å². The summed E-state index contributed by atoms with van der Waals surface area (Å²) in [6, 6.07) is 12.1. The largest absolute Gasteiger partial charge is 0.311 e. The molecule has 0 aliphatic carbocycles. The summed E-state index contributed by atoms with van der Waals surface area (Å²) in [6.07, 6.45) is 1.28. The lowest BCUT2D eigenvalue weighted by Crippen LogP contribution is -2.55. The Morgan fingerprint density at radius 1 is 1.28 bits per heavy atom. The second-order valence-corrected chi connectivity index (χ2v) is 6.01. The maximum atomic E-state index is 3.61. The van der Waals surface area contributed by atoms with Gasteiger partial charge in [0.15, 0.2) is 0 Å². The van der Waals surface area contributed by atoms with E-state index in [1.165, 1.54) is 12.0 Å². The Kier molecular flexibility index (Phi) is 4.79. The van der Waals surface area contributed by atoms with Gasteiger partial charge in [0, 0.05) is 31.7 Å². The molecule has 0 saturated carbocycles. The summed E-state index contributed by atoms with van der Waals surface area (Å²) >= 11 is 0. The van der Waals surface area contributed by atoms with Crippen LogP contribution in [0.1, 0.15) is 32.8 Å². The first-order valence-corrected chi connectivity index (χ1v) is 7.16. The smallest absolute Gasteiger partial charge is 0.0237 e. The van der Waals surface area contributed by atoms with E-state index in [9.17, 15) is 0 Å². The van der Waals surface area contributed by atoms with E-state index in [0.29, 0.717) is 12.1 Å². The van der Waals surface area contributed by atoms with Crippen LogP contribution in [-0.2, 0) is 6.54 Å². The third-order valence-corrected chi connectivity index (χ3v) is 3.70. The number of hydrogen-bond donors (Lipinski definition) is 1. The summed E-state index contributed by atoms with van der Waals surface area (Å²) in [7, 11) is 0. The lowest BCUT2D eigenvalue weighted by atomic mass is 9.98. The molecule has 2 atom stereocenters. The summed E-state index contributed by atoms with van der Waals surface area (Å²) in [5.74, 6) is 0.767. The monoisotopic (exact) mass is 246 g/mol. The van der Waals surface area contributed by atoms with Gasteiger partial charge in [0.25, 0.3) is 0 Å². The molecular weight excluding hydrogens is 220 g/mol. The molecule has 1 aliphatic heterocycles. The second-order valence-electron chi connectivity index (χ2n) is 6.01. The minimum atomic E-state index is 0.608.